The number of ketones is 1. The van der Waals surface area contributed by atoms with Gasteiger partial charge in [-0.25, -0.2) is 0 Å². The molecule has 2 amide bonds. The van der Waals surface area contributed by atoms with Gasteiger partial charge in [0.25, 0.3) is 5.91 Å². The van der Waals surface area contributed by atoms with Gasteiger partial charge in [-0.05, 0) is 49.6 Å². The average Bonchev–Trinajstić information content (AvgIpc) is 2.73. The molecule has 2 N–H and O–H groups in total. The Bertz CT molecular complexity index is 906. The zero-order valence-corrected chi connectivity index (χ0v) is 17.2. The number of amides is 2. The van der Waals surface area contributed by atoms with Crippen LogP contribution >= 0.6 is 0 Å². The summed E-state index contributed by atoms with van der Waals surface area (Å²) in [5, 5.41) is 5.35. The van der Waals surface area contributed by atoms with Crippen molar-refractivity contribution in [3.8, 4) is 0 Å². The van der Waals surface area contributed by atoms with Crippen LogP contribution in [0.25, 0.3) is 0 Å². The molecule has 7 nitrogen and oxygen atoms in total. The van der Waals surface area contributed by atoms with E-state index in [0.29, 0.717) is 16.9 Å². The Hall–Kier alpha value is -3.48. The van der Waals surface area contributed by atoms with Crippen molar-refractivity contribution in [3.63, 3.8) is 0 Å². The number of carbonyl (C=O) groups excluding carboxylic acids is 4. The number of Topliss-reactive ketones (excluding diaryl/α,β-unsaturated/α-hetero) is 1. The third kappa shape index (κ3) is 7.87. The van der Waals surface area contributed by atoms with Gasteiger partial charge in [-0.2, -0.15) is 0 Å². The lowest BCUT2D eigenvalue weighted by molar-refractivity contribution is -0.147. The van der Waals surface area contributed by atoms with Crippen molar-refractivity contribution in [2.45, 2.75) is 39.5 Å². The second-order valence-electron chi connectivity index (χ2n) is 6.80. The monoisotopic (exact) mass is 410 g/mol. The van der Waals surface area contributed by atoms with Gasteiger partial charge in [0.2, 0.25) is 5.91 Å². The molecule has 0 aromatic heterocycles. The van der Waals surface area contributed by atoms with Crippen LogP contribution in [0.15, 0.2) is 48.5 Å². The molecule has 0 aliphatic rings. The van der Waals surface area contributed by atoms with Gasteiger partial charge in [0, 0.05) is 29.8 Å². The van der Waals surface area contributed by atoms with Gasteiger partial charge in [0.15, 0.2) is 12.4 Å². The molecule has 0 aliphatic carbocycles. The molecule has 0 fully saturated rings. The van der Waals surface area contributed by atoms with Gasteiger partial charge >= 0.3 is 5.97 Å². The Kier molecular flexibility index (Phi) is 8.75. The maximum Gasteiger partial charge on any atom is 0.306 e. The Morgan fingerprint density at radius 2 is 1.57 bits per heavy atom. The first-order chi connectivity index (χ1) is 14.4. The van der Waals surface area contributed by atoms with Gasteiger partial charge in [0.05, 0.1) is 0 Å². The molecule has 0 aliphatic heterocycles. The number of esters is 1. The molecule has 0 radical (unpaired) electrons. The maximum atomic E-state index is 12.0. The number of nitrogens with one attached hydrogen (secondary N) is 2. The summed E-state index contributed by atoms with van der Waals surface area (Å²) in [5.41, 5.74) is 2.84. The summed E-state index contributed by atoms with van der Waals surface area (Å²) in [6.45, 7) is 3.12. The molecular weight excluding hydrogens is 384 g/mol. The SMILES string of the molecule is CCc1ccc(NC(=O)COC(=O)CCCC(=O)Nc2cccc(C(C)=O)c2)cc1. The molecule has 0 heterocycles. The Morgan fingerprint density at radius 1 is 0.867 bits per heavy atom. The third-order valence-corrected chi connectivity index (χ3v) is 4.35. The molecule has 0 spiro atoms. The molecule has 7 heteroatoms. The molecule has 2 aromatic carbocycles. The summed E-state index contributed by atoms with van der Waals surface area (Å²) < 4.78 is 4.94. The number of hydrogen-bond donors (Lipinski definition) is 2. The number of benzene rings is 2. The number of anilines is 2. The topological polar surface area (TPSA) is 102 Å². The molecule has 0 unspecified atom stereocenters. The lowest BCUT2D eigenvalue weighted by Crippen LogP contribution is -2.21. The Labute approximate surface area is 175 Å². The fraction of sp³-hybridized carbons (Fsp3) is 0.304. The molecule has 0 saturated carbocycles. The zero-order valence-electron chi connectivity index (χ0n) is 17.2. The van der Waals surface area contributed by atoms with Crippen molar-refractivity contribution >= 4 is 34.9 Å². The van der Waals surface area contributed by atoms with Crippen LogP contribution in [-0.4, -0.2) is 30.2 Å². The van der Waals surface area contributed by atoms with Crippen molar-refractivity contribution < 1.29 is 23.9 Å². The minimum absolute atomic E-state index is 0.0272. The summed E-state index contributed by atoms with van der Waals surface area (Å²) >= 11 is 0. The van der Waals surface area contributed by atoms with Crippen molar-refractivity contribution in [3.05, 3.63) is 59.7 Å². The molecule has 0 bridgehead atoms. The van der Waals surface area contributed by atoms with Gasteiger partial charge in [0.1, 0.15) is 0 Å². The van der Waals surface area contributed by atoms with Crippen LogP contribution in [0.1, 0.15) is 49.0 Å². The molecule has 2 aromatic rings. The summed E-state index contributed by atoms with van der Waals surface area (Å²) in [7, 11) is 0. The zero-order chi connectivity index (χ0) is 21.9. The number of ether oxygens (including phenoxy) is 1. The Morgan fingerprint density at radius 3 is 2.23 bits per heavy atom. The van der Waals surface area contributed by atoms with Gasteiger partial charge in [-0.15, -0.1) is 0 Å². The van der Waals surface area contributed by atoms with Crippen LogP contribution < -0.4 is 10.6 Å². The minimum Gasteiger partial charge on any atom is -0.456 e. The standard InChI is InChI=1S/C23H26N2O5/c1-3-17-10-12-19(13-11-17)24-22(28)15-30-23(29)9-5-8-21(27)25-20-7-4-6-18(14-20)16(2)26/h4,6-7,10-14H,3,5,8-9,15H2,1-2H3,(H,24,28)(H,25,27). The summed E-state index contributed by atoms with van der Waals surface area (Å²) in [4.78, 5) is 47.0. The predicted molar refractivity (Wildman–Crippen MR) is 114 cm³/mol. The van der Waals surface area contributed by atoms with E-state index < -0.39 is 11.9 Å². The highest BCUT2D eigenvalue weighted by atomic mass is 16.5. The first-order valence-electron chi connectivity index (χ1n) is 9.82. The predicted octanol–water partition coefficient (Wildman–Crippen LogP) is 3.74. The van der Waals surface area contributed by atoms with Crippen molar-refractivity contribution in [2.24, 2.45) is 0 Å². The van der Waals surface area contributed by atoms with E-state index in [1.54, 1.807) is 36.4 Å². The molecular formula is C23H26N2O5. The van der Waals surface area contributed by atoms with E-state index in [-0.39, 0.29) is 37.6 Å². The van der Waals surface area contributed by atoms with Crippen molar-refractivity contribution in [1.29, 1.82) is 0 Å². The average molecular weight is 410 g/mol. The number of rotatable bonds is 10. The molecule has 158 valence electrons. The highest BCUT2D eigenvalue weighted by Crippen LogP contribution is 2.12. The van der Waals surface area contributed by atoms with Crippen LogP contribution in [0.4, 0.5) is 11.4 Å². The van der Waals surface area contributed by atoms with Gasteiger partial charge in [-0.3, -0.25) is 19.2 Å². The van der Waals surface area contributed by atoms with Crippen LogP contribution in [-0.2, 0) is 25.5 Å². The summed E-state index contributed by atoms with van der Waals surface area (Å²) in [6.07, 6.45) is 1.35. The molecule has 2 rings (SSSR count). The lowest BCUT2D eigenvalue weighted by Gasteiger charge is -2.08. The fourth-order valence-electron chi connectivity index (χ4n) is 2.67. The highest BCUT2D eigenvalue weighted by Gasteiger charge is 2.10. The van der Waals surface area contributed by atoms with Gasteiger partial charge < -0.3 is 15.4 Å². The smallest absolute Gasteiger partial charge is 0.306 e. The van der Waals surface area contributed by atoms with E-state index in [2.05, 4.69) is 10.6 Å². The highest BCUT2D eigenvalue weighted by molar-refractivity contribution is 5.97. The summed E-state index contributed by atoms with van der Waals surface area (Å²) in [6, 6.07) is 14.1. The van der Waals surface area contributed by atoms with Crippen LogP contribution in [0.5, 0.6) is 0 Å². The van der Waals surface area contributed by atoms with Crippen molar-refractivity contribution in [2.75, 3.05) is 17.2 Å². The largest absolute Gasteiger partial charge is 0.456 e. The molecule has 30 heavy (non-hydrogen) atoms. The fourth-order valence-corrected chi connectivity index (χ4v) is 2.67. The number of aryl methyl sites for hydroxylation is 1. The first kappa shape index (κ1) is 22.8. The second-order valence-corrected chi connectivity index (χ2v) is 6.80. The normalized spacial score (nSPS) is 10.2. The van der Waals surface area contributed by atoms with E-state index >= 15 is 0 Å². The Balaban J connectivity index is 1.65. The van der Waals surface area contributed by atoms with E-state index in [1.165, 1.54) is 6.92 Å². The molecule has 0 atom stereocenters. The van der Waals surface area contributed by atoms with Crippen molar-refractivity contribution in [1.82, 2.24) is 0 Å². The minimum atomic E-state index is -0.544. The van der Waals surface area contributed by atoms with E-state index in [1.807, 2.05) is 19.1 Å². The molecule has 0 saturated heterocycles. The first-order valence-corrected chi connectivity index (χ1v) is 9.82. The number of carbonyl (C=O) groups is 4. The van der Waals surface area contributed by atoms with Gasteiger partial charge in [-0.1, -0.05) is 31.2 Å². The second kappa shape index (κ2) is 11.5. The lowest BCUT2D eigenvalue weighted by atomic mass is 10.1. The maximum absolute atomic E-state index is 12.0. The van der Waals surface area contributed by atoms with E-state index in [0.717, 1.165) is 12.0 Å². The summed E-state index contributed by atoms with van der Waals surface area (Å²) in [5.74, 6) is -1.32. The quantitative estimate of drug-likeness (QED) is 0.459. The van der Waals surface area contributed by atoms with Crippen LogP contribution in [0.3, 0.4) is 0 Å². The number of hydrogen-bond acceptors (Lipinski definition) is 5. The van der Waals surface area contributed by atoms with E-state index in [4.69, 9.17) is 4.74 Å². The third-order valence-electron chi connectivity index (χ3n) is 4.35. The van der Waals surface area contributed by atoms with E-state index in [9.17, 15) is 19.2 Å². The van der Waals surface area contributed by atoms with Crippen LogP contribution in [0.2, 0.25) is 0 Å². The van der Waals surface area contributed by atoms with Crippen LogP contribution in [0, 0.1) is 0 Å².